The van der Waals surface area contributed by atoms with E-state index >= 15 is 0 Å². The summed E-state index contributed by atoms with van der Waals surface area (Å²) in [6.45, 7) is 6.57. The molecule has 6 heteroatoms. The SMILES string of the molecule is CN1CCCN(CCN=C(N)NC2CCCCC2)CC1.I. The lowest BCUT2D eigenvalue weighted by Crippen LogP contribution is -2.41. The molecule has 3 N–H and O–H groups in total. The molecule has 5 nitrogen and oxygen atoms in total. The first kappa shape index (κ1) is 19.0. The highest BCUT2D eigenvalue weighted by atomic mass is 127. The van der Waals surface area contributed by atoms with E-state index in [0.717, 1.165) is 19.6 Å². The van der Waals surface area contributed by atoms with Crippen LogP contribution in [-0.4, -0.2) is 68.1 Å². The number of nitrogens with zero attached hydrogens (tertiary/aromatic N) is 3. The van der Waals surface area contributed by atoms with E-state index in [4.69, 9.17) is 5.73 Å². The summed E-state index contributed by atoms with van der Waals surface area (Å²) < 4.78 is 0. The fourth-order valence-electron chi connectivity index (χ4n) is 3.14. The third-order valence-corrected chi connectivity index (χ3v) is 4.47. The lowest BCUT2D eigenvalue weighted by atomic mass is 9.96. The summed E-state index contributed by atoms with van der Waals surface area (Å²) in [5.74, 6) is 0.642. The number of aliphatic imine (C=N–C) groups is 1. The number of rotatable bonds is 4. The first-order valence-corrected chi connectivity index (χ1v) is 8.21. The standard InChI is InChI=1S/C15H31N5.HI/c1-19-9-5-10-20(13-12-19)11-8-17-15(16)18-14-6-3-2-4-7-14;/h14H,2-13H2,1H3,(H3,16,17,18);1H. The second kappa shape index (κ2) is 10.6. The van der Waals surface area contributed by atoms with E-state index < -0.39 is 0 Å². The molecule has 124 valence electrons. The molecule has 0 aromatic carbocycles. The second-order valence-corrected chi connectivity index (χ2v) is 6.24. The molecule has 0 aromatic rings. The molecule has 0 aromatic heterocycles. The Bertz CT molecular complexity index is 304. The minimum absolute atomic E-state index is 0. The molecule has 1 aliphatic carbocycles. The number of nitrogens with one attached hydrogen (secondary N) is 1. The van der Waals surface area contributed by atoms with Crippen molar-refractivity contribution in [1.82, 2.24) is 15.1 Å². The molecule has 0 spiro atoms. The molecule has 1 saturated carbocycles. The summed E-state index contributed by atoms with van der Waals surface area (Å²) in [5, 5.41) is 3.38. The number of nitrogens with two attached hydrogens (primary N) is 1. The van der Waals surface area contributed by atoms with Crippen molar-refractivity contribution in [3.63, 3.8) is 0 Å². The highest BCUT2D eigenvalue weighted by Crippen LogP contribution is 2.16. The van der Waals surface area contributed by atoms with Crippen molar-refractivity contribution in [2.45, 2.75) is 44.6 Å². The maximum absolute atomic E-state index is 5.99. The van der Waals surface area contributed by atoms with Gasteiger partial charge in [-0.2, -0.15) is 0 Å². The molecule has 1 heterocycles. The zero-order chi connectivity index (χ0) is 14.2. The summed E-state index contributed by atoms with van der Waals surface area (Å²) in [6.07, 6.45) is 7.77. The van der Waals surface area contributed by atoms with Crippen molar-refractivity contribution >= 4 is 29.9 Å². The third kappa shape index (κ3) is 7.65. The quantitative estimate of drug-likeness (QED) is 0.420. The van der Waals surface area contributed by atoms with Gasteiger partial charge in [-0.1, -0.05) is 19.3 Å². The van der Waals surface area contributed by atoms with Gasteiger partial charge in [0.25, 0.3) is 0 Å². The molecular weight excluding hydrogens is 377 g/mol. The second-order valence-electron chi connectivity index (χ2n) is 6.24. The zero-order valence-electron chi connectivity index (χ0n) is 13.4. The summed E-state index contributed by atoms with van der Waals surface area (Å²) in [5.41, 5.74) is 5.99. The van der Waals surface area contributed by atoms with Crippen molar-refractivity contribution in [2.24, 2.45) is 10.7 Å². The van der Waals surface area contributed by atoms with E-state index in [1.165, 1.54) is 58.2 Å². The Balaban J connectivity index is 0.00000220. The lowest BCUT2D eigenvalue weighted by molar-refractivity contribution is 0.283. The zero-order valence-corrected chi connectivity index (χ0v) is 15.7. The Morgan fingerprint density at radius 2 is 1.86 bits per heavy atom. The fraction of sp³-hybridized carbons (Fsp3) is 0.933. The number of hydrogen-bond acceptors (Lipinski definition) is 3. The first-order chi connectivity index (χ1) is 9.74. The average Bonchev–Trinajstić information content (AvgIpc) is 2.65. The van der Waals surface area contributed by atoms with E-state index in [1.807, 2.05) is 0 Å². The van der Waals surface area contributed by atoms with Crippen LogP contribution >= 0.6 is 24.0 Å². The molecule has 0 amide bonds. The van der Waals surface area contributed by atoms with Gasteiger partial charge in [-0.25, -0.2) is 0 Å². The van der Waals surface area contributed by atoms with Crippen LogP contribution in [0.15, 0.2) is 4.99 Å². The molecule has 2 rings (SSSR count). The van der Waals surface area contributed by atoms with Gasteiger partial charge in [0.2, 0.25) is 0 Å². The van der Waals surface area contributed by atoms with Crippen LogP contribution in [0.25, 0.3) is 0 Å². The molecule has 0 atom stereocenters. The van der Waals surface area contributed by atoms with Gasteiger partial charge in [0.05, 0.1) is 6.54 Å². The van der Waals surface area contributed by atoms with Crippen LogP contribution in [-0.2, 0) is 0 Å². The molecule has 0 radical (unpaired) electrons. The highest BCUT2D eigenvalue weighted by molar-refractivity contribution is 14.0. The Morgan fingerprint density at radius 3 is 2.62 bits per heavy atom. The minimum atomic E-state index is 0. The third-order valence-electron chi connectivity index (χ3n) is 4.47. The largest absolute Gasteiger partial charge is 0.370 e. The number of likely N-dealkylation sites (N-methyl/N-ethyl adjacent to an activating group) is 1. The van der Waals surface area contributed by atoms with Crippen molar-refractivity contribution < 1.29 is 0 Å². The molecule has 0 bridgehead atoms. The predicted molar refractivity (Wildman–Crippen MR) is 100 cm³/mol. The van der Waals surface area contributed by atoms with Gasteiger partial charge in [0.15, 0.2) is 5.96 Å². The summed E-state index contributed by atoms with van der Waals surface area (Å²) in [7, 11) is 2.20. The number of halogens is 1. The van der Waals surface area contributed by atoms with Crippen LogP contribution in [0, 0.1) is 0 Å². The monoisotopic (exact) mass is 409 g/mol. The number of guanidine groups is 1. The molecule has 2 aliphatic rings. The van der Waals surface area contributed by atoms with Gasteiger partial charge in [0.1, 0.15) is 0 Å². The van der Waals surface area contributed by atoms with Crippen molar-refractivity contribution in [3.05, 3.63) is 0 Å². The topological polar surface area (TPSA) is 56.9 Å². The lowest BCUT2D eigenvalue weighted by Gasteiger charge is -2.23. The Hall–Kier alpha value is -0.0800. The maximum Gasteiger partial charge on any atom is 0.188 e. The first-order valence-electron chi connectivity index (χ1n) is 8.21. The van der Waals surface area contributed by atoms with Crippen LogP contribution in [0.5, 0.6) is 0 Å². The van der Waals surface area contributed by atoms with Gasteiger partial charge in [-0.05, 0) is 39.4 Å². The van der Waals surface area contributed by atoms with E-state index in [9.17, 15) is 0 Å². The maximum atomic E-state index is 5.99. The number of hydrogen-bond donors (Lipinski definition) is 2. The summed E-state index contributed by atoms with van der Waals surface area (Å²) in [4.78, 5) is 9.40. The van der Waals surface area contributed by atoms with Crippen molar-refractivity contribution in [1.29, 1.82) is 0 Å². The van der Waals surface area contributed by atoms with Crippen LogP contribution < -0.4 is 11.1 Å². The van der Waals surface area contributed by atoms with Crippen LogP contribution in [0.3, 0.4) is 0 Å². The van der Waals surface area contributed by atoms with Crippen molar-refractivity contribution in [2.75, 3.05) is 46.3 Å². The highest BCUT2D eigenvalue weighted by Gasteiger charge is 2.14. The molecular formula is C15H32IN5. The Kier molecular flexibility index (Phi) is 9.59. The van der Waals surface area contributed by atoms with Gasteiger partial charge in [-0.3, -0.25) is 4.99 Å². The van der Waals surface area contributed by atoms with E-state index in [-0.39, 0.29) is 24.0 Å². The van der Waals surface area contributed by atoms with E-state index in [0.29, 0.717) is 12.0 Å². The molecule has 0 unspecified atom stereocenters. The summed E-state index contributed by atoms with van der Waals surface area (Å²) >= 11 is 0. The Morgan fingerprint density at radius 1 is 1.10 bits per heavy atom. The van der Waals surface area contributed by atoms with Gasteiger partial charge in [-0.15, -0.1) is 24.0 Å². The molecule has 1 aliphatic heterocycles. The van der Waals surface area contributed by atoms with E-state index in [1.54, 1.807) is 0 Å². The van der Waals surface area contributed by atoms with Gasteiger partial charge >= 0.3 is 0 Å². The van der Waals surface area contributed by atoms with Crippen LogP contribution in [0.1, 0.15) is 38.5 Å². The molecule has 21 heavy (non-hydrogen) atoms. The fourth-order valence-corrected chi connectivity index (χ4v) is 3.14. The van der Waals surface area contributed by atoms with Gasteiger partial charge in [0, 0.05) is 25.7 Å². The Labute approximate surface area is 146 Å². The normalized spacial score (nSPS) is 23.4. The van der Waals surface area contributed by atoms with Crippen molar-refractivity contribution in [3.8, 4) is 0 Å². The van der Waals surface area contributed by atoms with Crippen LogP contribution in [0.4, 0.5) is 0 Å². The molecule has 2 fully saturated rings. The summed E-state index contributed by atoms with van der Waals surface area (Å²) in [6, 6.07) is 0.555. The predicted octanol–water partition coefficient (Wildman–Crippen LogP) is 1.48. The average molecular weight is 409 g/mol. The van der Waals surface area contributed by atoms with Crippen LogP contribution in [0.2, 0.25) is 0 Å². The smallest absolute Gasteiger partial charge is 0.188 e. The van der Waals surface area contributed by atoms with Gasteiger partial charge < -0.3 is 20.9 Å². The van der Waals surface area contributed by atoms with E-state index in [2.05, 4.69) is 27.2 Å². The molecule has 1 saturated heterocycles. The minimum Gasteiger partial charge on any atom is -0.370 e.